The van der Waals surface area contributed by atoms with E-state index in [0.717, 1.165) is 16.7 Å². The zero-order chi connectivity index (χ0) is 19.4. The number of nitrogens with zero attached hydrogens (tertiary/aromatic N) is 4. The van der Waals surface area contributed by atoms with E-state index in [2.05, 4.69) is 20.8 Å². The van der Waals surface area contributed by atoms with E-state index in [1.165, 1.54) is 0 Å². The second-order valence-corrected chi connectivity index (χ2v) is 6.32. The Morgan fingerprint density at radius 2 is 1.81 bits per heavy atom. The molecule has 0 saturated heterocycles. The van der Waals surface area contributed by atoms with E-state index in [0.29, 0.717) is 5.56 Å². The summed E-state index contributed by atoms with van der Waals surface area (Å²) < 4.78 is 3.28. The fraction of sp³-hybridized carbons (Fsp3) is 0.263. The van der Waals surface area contributed by atoms with Gasteiger partial charge in [-0.2, -0.15) is 10.2 Å². The fourth-order valence-corrected chi connectivity index (χ4v) is 2.67. The molecule has 1 atom stereocenters. The largest absolute Gasteiger partial charge is 0.358 e. The molecule has 0 radical (unpaired) electrons. The number of likely N-dealkylation sites (N-methyl/N-ethyl adjacent to an activating group) is 1. The number of aromatic nitrogens is 4. The highest BCUT2D eigenvalue weighted by molar-refractivity contribution is 5.94. The lowest BCUT2D eigenvalue weighted by molar-refractivity contribution is -0.121. The Balaban J connectivity index is 1.66. The second kappa shape index (κ2) is 7.86. The van der Waals surface area contributed by atoms with Crippen molar-refractivity contribution in [2.45, 2.75) is 19.5 Å². The number of amides is 2. The van der Waals surface area contributed by atoms with Gasteiger partial charge in [-0.1, -0.05) is 12.1 Å². The normalized spacial score (nSPS) is 11.8. The van der Waals surface area contributed by atoms with Gasteiger partial charge in [-0.25, -0.2) is 0 Å². The molecular weight excluding hydrogens is 344 g/mol. The quantitative estimate of drug-likeness (QED) is 0.692. The highest BCUT2D eigenvalue weighted by atomic mass is 16.2. The summed E-state index contributed by atoms with van der Waals surface area (Å²) in [6.45, 7) is 2.09. The van der Waals surface area contributed by atoms with Crippen molar-refractivity contribution >= 4 is 11.8 Å². The van der Waals surface area contributed by atoms with Crippen molar-refractivity contribution in [2.24, 2.45) is 7.05 Å². The van der Waals surface area contributed by atoms with E-state index in [9.17, 15) is 9.59 Å². The lowest BCUT2D eigenvalue weighted by Gasteiger charge is -2.12. The molecule has 27 heavy (non-hydrogen) atoms. The van der Waals surface area contributed by atoms with Gasteiger partial charge in [0.2, 0.25) is 5.91 Å². The maximum atomic E-state index is 12.4. The molecule has 140 valence electrons. The van der Waals surface area contributed by atoms with Crippen molar-refractivity contribution in [2.75, 3.05) is 7.05 Å². The monoisotopic (exact) mass is 366 g/mol. The number of benzene rings is 1. The van der Waals surface area contributed by atoms with Crippen LogP contribution in [0.25, 0.3) is 11.1 Å². The molecule has 0 aliphatic carbocycles. The third kappa shape index (κ3) is 4.41. The van der Waals surface area contributed by atoms with Gasteiger partial charge in [-0.05, 0) is 24.6 Å². The molecule has 2 heterocycles. The Labute approximate surface area is 157 Å². The van der Waals surface area contributed by atoms with Crippen molar-refractivity contribution < 1.29 is 9.59 Å². The van der Waals surface area contributed by atoms with Gasteiger partial charge in [0, 0.05) is 43.2 Å². The van der Waals surface area contributed by atoms with Gasteiger partial charge in [0.15, 0.2) is 0 Å². The second-order valence-electron chi connectivity index (χ2n) is 6.32. The van der Waals surface area contributed by atoms with Crippen molar-refractivity contribution in [3.63, 3.8) is 0 Å². The van der Waals surface area contributed by atoms with Gasteiger partial charge in [-0.15, -0.1) is 0 Å². The summed E-state index contributed by atoms with van der Waals surface area (Å²) in [5.74, 6) is -0.257. The molecule has 0 fully saturated rings. The van der Waals surface area contributed by atoms with Crippen LogP contribution in [0.1, 0.15) is 28.9 Å². The van der Waals surface area contributed by atoms with Gasteiger partial charge in [-0.3, -0.25) is 19.0 Å². The number of nitrogens with one attached hydrogen (secondary N) is 2. The molecule has 2 aromatic heterocycles. The van der Waals surface area contributed by atoms with Crippen molar-refractivity contribution in [1.82, 2.24) is 30.2 Å². The highest BCUT2D eigenvalue weighted by Gasteiger charge is 2.13. The summed E-state index contributed by atoms with van der Waals surface area (Å²) in [7, 11) is 3.43. The van der Waals surface area contributed by atoms with Crippen LogP contribution in [0, 0.1) is 0 Å². The van der Waals surface area contributed by atoms with Crippen LogP contribution in [0.4, 0.5) is 0 Å². The smallest absolute Gasteiger partial charge is 0.251 e. The summed E-state index contributed by atoms with van der Waals surface area (Å²) in [4.78, 5) is 23.9. The SMILES string of the molecule is CNC(=O)Cn1cc(-c2ccc(C(=O)N[C@@H](C)c3cnn(C)c3)cc2)cn1. The first-order valence-corrected chi connectivity index (χ1v) is 8.59. The van der Waals surface area contributed by atoms with E-state index < -0.39 is 0 Å². The number of carbonyl (C=O) groups is 2. The maximum Gasteiger partial charge on any atom is 0.251 e. The van der Waals surface area contributed by atoms with E-state index in [1.54, 1.807) is 47.1 Å². The van der Waals surface area contributed by atoms with Crippen molar-refractivity contribution in [1.29, 1.82) is 0 Å². The average molecular weight is 366 g/mol. The number of aryl methyl sites for hydroxylation is 1. The van der Waals surface area contributed by atoms with Gasteiger partial charge in [0.05, 0.1) is 18.4 Å². The molecule has 0 unspecified atom stereocenters. The molecular formula is C19H22N6O2. The van der Waals surface area contributed by atoms with Crippen molar-refractivity contribution in [3.05, 3.63) is 60.2 Å². The zero-order valence-corrected chi connectivity index (χ0v) is 15.5. The molecule has 8 heteroatoms. The van der Waals surface area contributed by atoms with Gasteiger partial charge in [0.1, 0.15) is 6.54 Å². The first kappa shape index (κ1) is 18.4. The fourth-order valence-electron chi connectivity index (χ4n) is 2.67. The first-order valence-electron chi connectivity index (χ1n) is 8.59. The molecule has 0 saturated carbocycles. The lowest BCUT2D eigenvalue weighted by atomic mass is 10.1. The molecule has 3 aromatic rings. The summed E-state index contributed by atoms with van der Waals surface area (Å²) in [5.41, 5.74) is 3.34. The maximum absolute atomic E-state index is 12.4. The van der Waals surface area contributed by atoms with Crippen molar-refractivity contribution in [3.8, 4) is 11.1 Å². The van der Waals surface area contributed by atoms with E-state index in [-0.39, 0.29) is 24.4 Å². The first-order chi connectivity index (χ1) is 13.0. The van der Waals surface area contributed by atoms with Crippen LogP contribution in [0.15, 0.2) is 49.1 Å². The molecule has 0 aliphatic rings. The van der Waals surface area contributed by atoms with Gasteiger partial charge >= 0.3 is 0 Å². The van der Waals surface area contributed by atoms with Gasteiger partial charge in [0.25, 0.3) is 5.91 Å². The summed E-state index contributed by atoms with van der Waals surface area (Å²) in [5, 5.41) is 13.8. The van der Waals surface area contributed by atoms with Crippen LogP contribution >= 0.6 is 0 Å². The Hall–Kier alpha value is -3.42. The summed E-state index contributed by atoms with van der Waals surface area (Å²) in [6.07, 6.45) is 7.12. The van der Waals surface area contributed by atoms with Crippen LogP contribution in [-0.2, 0) is 18.4 Å². The Morgan fingerprint density at radius 1 is 1.07 bits per heavy atom. The number of carbonyl (C=O) groups excluding carboxylic acids is 2. The van der Waals surface area contributed by atoms with E-state index >= 15 is 0 Å². The number of hydrogen-bond acceptors (Lipinski definition) is 4. The molecule has 0 bridgehead atoms. The highest BCUT2D eigenvalue weighted by Crippen LogP contribution is 2.19. The molecule has 2 N–H and O–H groups in total. The third-order valence-corrected chi connectivity index (χ3v) is 4.27. The zero-order valence-electron chi connectivity index (χ0n) is 15.5. The average Bonchev–Trinajstić information content (AvgIpc) is 3.31. The molecule has 0 spiro atoms. The summed E-state index contributed by atoms with van der Waals surface area (Å²) >= 11 is 0. The van der Waals surface area contributed by atoms with Crippen LogP contribution in [0.2, 0.25) is 0 Å². The minimum Gasteiger partial charge on any atom is -0.358 e. The topological polar surface area (TPSA) is 93.8 Å². The molecule has 8 nitrogen and oxygen atoms in total. The van der Waals surface area contributed by atoms with Crippen LogP contribution in [0.3, 0.4) is 0 Å². The number of hydrogen-bond donors (Lipinski definition) is 2. The number of rotatable bonds is 6. The molecule has 2 amide bonds. The van der Waals surface area contributed by atoms with E-state index in [1.807, 2.05) is 32.3 Å². The van der Waals surface area contributed by atoms with Crippen LogP contribution in [0.5, 0.6) is 0 Å². The Kier molecular flexibility index (Phi) is 5.35. The lowest BCUT2D eigenvalue weighted by Crippen LogP contribution is -2.26. The standard InChI is InChI=1S/C19H22N6O2/c1-13(16-8-21-24(3)10-16)23-19(27)15-6-4-14(5-7-15)17-9-22-25(11-17)12-18(26)20-2/h4-11,13H,12H2,1-3H3,(H,20,26)(H,23,27)/t13-/m0/s1. The molecule has 3 rings (SSSR count). The van der Waals surface area contributed by atoms with E-state index in [4.69, 9.17) is 0 Å². The Morgan fingerprint density at radius 3 is 2.44 bits per heavy atom. The predicted molar refractivity (Wildman–Crippen MR) is 101 cm³/mol. The predicted octanol–water partition coefficient (Wildman–Crippen LogP) is 1.52. The molecule has 0 aliphatic heterocycles. The summed E-state index contributed by atoms with van der Waals surface area (Å²) in [6, 6.07) is 7.15. The Bertz CT molecular complexity index is 941. The van der Waals surface area contributed by atoms with Gasteiger partial charge < -0.3 is 10.6 Å². The van der Waals surface area contributed by atoms with Crippen LogP contribution in [-0.4, -0.2) is 38.4 Å². The minimum absolute atomic E-state index is 0.112. The van der Waals surface area contributed by atoms with Crippen LogP contribution < -0.4 is 10.6 Å². The minimum atomic E-state index is -0.145. The third-order valence-electron chi connectivity index (χ3n) is 4.27. The molecule has 1 aromatic carbocycles.